The Morgan fingerprint density at radius 2 is 1.88 bits per heavy atom. The molecule has 1 aliphatic heterocycles. The van der Waals surface area contributed by atoms with Crippen LogP contribution in [0.3, 0.4) is 0 Å². The number of ether oxygens (including phenoxy) is 1. The molecule has 3 aliphatic carbocycles. The second kappa shape index (κ2) is 3.60. The molecule has 1 heterocycles. The summed E-state index contributed by atoms with van der Waals surface area (Å²) >= 11 is 0. The van der Waals surface area contributed by atoms with Crippen LogP contribution in [0.25, 0.3) is 0 Å². The lowest BCUT2D eigenvalue weighted by molar-refractivity contribution is -0.0433. The summed E-state index contributed by atoms with van der Waals surface area (Å²) in [5, 5.41) is 0. The minimum atomic E-state index is 0.466. The fraction of sp³-hybridized carbons (Fsp3) is 0.875. The van der Waals surface area contributed by atoms with Gasteiger partial charge < -0.3 is 4.74 Å². The van der Waals surface area contributed by atoms with Crippen LogP contribution < -0.4 is 0 Å². The van der Waals surface area contributed by atoms with Gasteiger partial charge >= 0.3 is 0 Å². The van der Waals surface area contributed by atoms with Gasteiger partial charge in [0.25, 0.3) is 0 Å². The van der Waals surface area contributed by atoms with E-state index in [0.29, 0.717) is 12.2 Å². The summed E-state index contributed by atoms with van der Waals surface area (Å²) in [5.74, 6) is 5.50. The van der Waals surface area contributed by atoms with E-state index in [0.717, 1.165) is 35.5 Å². The van der Waals surface area contributed by atoms with Crippen molar-refractivity contribution in [2.75, 3.05) is 0 Å². The van der Waals surface area contributed by atoms with Gasteiger partial charge in [-0.1, -0.05) is 12.2 Å². The molecule has 1 nitrogen and oxygen atoms in total. The molecule has 8 atom stereocenters. The van der Waals surface area contributed by atoms with E-state index in [-0.39, 0.29) is 0 Å². The standard InChI is InChI=1S/C16H24O/c1-9-12-4-3-5-13(12)14-7-6-11-8-15(11)16(14)10(2)17-9/h3,5,9-16H,4,6-8H2,1-2H3. The molecule has 8 unspecified atom stereocenters. The second-order valence-corrected chi connectivity index (χ2v) is 6.93. The molecule has 1 saturated heterocycles. The minimum absolute atomic E-state index is 0.466. The zero-order valence-electron chi connectivity index (χ0n) is 11.0. The maximum absolute atomic E-state index is 6.35. The minimum Gasteiger partial charge on any atom is -0.375 e. The molecule has 17 heavy (non-hydrogen) atoms. The predicted molar refractivity (Wildman–Crippen MR) is 68.6 cm³/mol. The molecule has 0 radical (unpaired) electrons. The van der Waals surface area contributed by atoms with Crippen LogP contribution >= 0.6 is 0 Å². The van der Waals surface area contributed by atoms with Gasteiger partial charge in [0, 0.05) is 0 Å². The molecule has 0 amide bonds. The van der Waals surface area contributed by atoms with E-state index >= 15 is 0 Å². The lowest BCUT2D eigenvalue weighted by Gasteiger charge is -2.36. The monoisotopic (exact) mass is 232 g/mol. The van der Waals surface area contributed by atoms with Crippen molar-refractivity contribution in [3.63, 3.8) is 0 Å². The van der Waals surface area contributed by atoms with Crippen molar-refractivity contribution in [2.24, 2.45) is 35.5 Å². The predicted octanol–water partition coefficient (Wildman–Crippen LogP) is 3.65. The van der Waals surface area contributed by atoms with E-state index in [1.807, 2.05) is 0 Å². The van der Waals surface area contributed by atoms with Gasteiger partial charge in [0.15, 0.2) is 0 Å². The Labute approximate surface area is 105 Å². The first-order chi connectivity index (χ1) is 8.25. The third-order valence-electron chi connectivity index (χ3n) is 6.17. The molecular formula is C16H24O. The van der Waals surface area contributed by atoms with E-state index in [2.05, 4.69) is 26.0 Å². The van der Waals surface area contributed by atoms with E-state index in [1.54, 1.807) is 0 Å². The third-order valence-corrected chi connectivity index (χ3v) is 6.17. The van der Waals surface area contributed by atoms with Gasteiger partial charge in [-0.15, -0.1) is 0 Å². The van der Waals surface area contributed by atoms with Crippen LogP contribution in [0.5, 0.6) is 0 Å². The van der Waals surface area contributed by atoms with Crippen LogP contribution in [0.2, 0.25) is 0 Å². The molecule has 3 fully saturated rings. The number of allylic oxidation sites excluding steroid dienone is 2. The average Bonchev–Trinajstić information content (AvgIpc) is 2.94. The van der Waals surface area contributed by atoms with Crippen molar-refractivity contribution >= 4 is 0 Å². The van der Waals surface area contributed by atoms with Gasteiger partial charge in [0.2, 0.25) is 0 Å². The van der Waals surface area contributed by atoms with Gasteiger partial charge in [-0.3, -0.25) is 0 Å². The normalized spacial score (nSPS) is 60.1. The lowest BCUT2D eigenvalue weighted by atomic mass is 9.68. The van der Waals surface area contributed by atoms with Crippen molar-refractivity contribution in [1.82, 2.24) is 0 Å². The van der Waals surface area contributed by atoms with Crippen LogP contribution in [-0.2, 0) is 4.74 Å². The molecule has 0 aromatic rings. The first kappa shape index (κ1) is 10.6. The van der Waals surface area contributed by atoms with Crippen LogP contribution in [0, 0.1) is 35.5 Å². The highest BCUT2D eigenvalue weighted by atomic mass is 16.5. The Hall–Kier alpha value is -0.300. The molecule has 0 aromatic carbocycles. The summed E-state index contributed by atoms with van der Waals surface area (Å²) in [4.78, 5) is 0. The number of rotatable bonds is 0. The smallest absolute Gasteiger partial charge is 0.0587 e. The molecule has 4 rings (SSSR count). The Morgan fingerprint density at radius 3 is 2.76 bits per heavy atom. The van der Waals surface area contributed by atoms with Crippen LogP contribution in [0.1, 0.15) is 39.5 Å². The van der Waals surface area contributed by atoms with Crippen LogP contribution in [0.15, 0.2) is 12.2 Å². The van der Waals surface area contributed by atoms with Crippen molar-refractivity contribution in [3.05, 3.63) is 12.2 Å². The second-order valence-electron chi connectivity index (χ2n) is 6.93. The van der Waals surface area contributed by atoms with Crippen molar-refractivity contribution in [3.8, 4) is 0 Å². The van der Waals surface area contributed by atoms with E-state index < -0.39 is 0 Å². The molecule has 4 aliphatic rings. The summed E-state index contributed by atoms with van der Waals surface area (Å²) in [7, 11) is 0. The fourth-order valence-corrected chi connectivity index (χ4v) is 5.32. The van der Waals surface area contributed by atoms with E-state index in [4.69, 9.17) is 4.74 Å². The zero-order chi connectivity index (χ0) is 11.6. The average molecular weight is 232 g/mol. The summed E-state index contributed by atoms with van der Waals surface area (Å²) in [6.45, 7) is 4.66. The van der Waals surface area contributed by atoms with Crippen molar-refractivity contribution < 1.29 is 4.74 Å². The Morgan fingerprint density at radius 1 is 1.00 bits per heavy atom. The van der Waals surface area contributed by atoms with Crippen molar-refractivity contribution in [1.29, 1.82) is 0 Å². The number of hydrogen-bond acceptors (Lipinski definition) is 1. The molecule has 94 valence electrons. The van der Waals surface area contributed by atoms with Crippen LogP contribution in [-0.4, -0.2) is 12.2 Å². The highest BCUT2D eigenvalue weighted by Gasteiger charge is 2.55. The van der Waals surface area contributed by atoms with Gasteiger partial charge in [0.05, 0.1) is 12.2 Å². The van der Waals surface area contributed by atoms with Gasteiger partial charge in [-0.25, -0.2) is 0 Å². The topological polar surface area (TPSA) is 9.23 Å². The largest absolute Gasteiger partial charge is 0.375 e. The number of fused-ring (bicyclic) bond motifs is 5. The summed E-state index contributed by atoms with van der Waals surface area (Å²) in [6.07, 6.45) is 11.7. The molecule has 0 bridgehead atoms. The summed E-state index contributed by atoms with van der Waals surface area (Å²) < 4.78 is 6.35. The first-order valence-corrected chi connectivity index (χ1v) is 7.58. The molecule has 0 aromatic heterocycles. The zero-order valence-corrected chi connectivity index (χ0v) is 11.0. The molecule has 0 spiro atoms. The quantitative estimate of drug-likeness (QED) is 0.579. The van der Waals surface area contributed by atoms with E-state index in [9.17, 15) is 0 Å². The maximum atomic E-state index is 6.35. The molecule has 0 N–H and O–H groups in total. The Balaban J connectivity index is 1.69. The fourth-order valence-electron chi connectivity index (χ4n) is 5.32. The summed E-state index contributed by atoms with van der Waals surface area (Å²) in [6, 6.07) is 0. The van der Waals surface area contributed by atoms with E-state index in [1.165, 1.54) is 25.7 Å². The number of hydrogen-bond donors (Lipinski definition) is 0. The first-order valence-electron chi connectivity index (χ1n) is 7.58. The Kier molecular flexibility index (Phi) is 2.25. The van der Waals surface area contributed by atoms with Crippen molar-refractivity contribution in [2.45, 2.75) is 51.7 Å². The SMILES string of the molecule is CC1OC(C)C2C3CC3CCC2C2C=CCC12. The van der Waals surface area contributed by atoms with Gasteiger partial charge in [-0.2, -0.15) is 0 Å². The molecular weight excluding hydrogens is 208 g/mol. The maximum Gasteiger partial charge on any atom is 0.0587 e. The van der Waals surface area contributed by atoms with Crippen LogP contribution in [0.4, 0.5) is 0 Å². The lowest BCUT2D eigenvalue weighted by Crippen LogP contribution is -2.34. The highest BCUT2D eigenvalue weighted by molar-refractivity contribution is 5.12. The molecule has 2 saturated carbocycles. The van der Waals surface area contributed by atoms with Gasteiger partial charge in [-0.05, 0) is 75.0 Å². The van der Waals surface area contributed by atoms with Gasteiger partial charge in [0.1, 0.15) is 0 Å². The third kappa shape index (κ3) is 1.47. The Bertz CT molecular complexity index is 347. The highest BCUT2D eigenvalue weighted by Crippen LogP contribution is 2.60. The summed E-state index contributed by atoms with van der Waals surface area (Å²) in [5.41, 5.74) is 0. The molecule has 1 heteroatoms.